The molecule has 2 N–H and O–H groups in total. The molecular weight excluding hydrogens is 236 g/mol. The van der Waals surface area contributed by atoms with Gasteiger partial charge in [0.25, 0.3) is 0 Å². The molecule has 0 radical (unpaired) electrons. The minimum atomic E-state index is 0.114. The van der Waals surface area contributed by atoms with Gasteiger partial charge in [-0.1, -0.05) is 84.0 Å². The van der Waals surface area contributed by atoms with E-state index in [1.807, 2.05) is 0 Å². The van der Waals surface area contributed by atoms with Crippen LogP contribution >= 0.6 is 0 Å². The summed E-state index contributed by atoms with van der Waals surface area (Å²) in [6, 6.07) is 0. The van der Waals surface area contributed by atoms with Gasteiger partial charge in [-0.05, 0) is 6.42 Å². The Kier molecular flexibility index (Phi) is 14.9. The van der Waals surface area contributed by atoms with Crippen molar-refractivity contribution in [1.82, 2.24) is 0 Å². The highest BCUT2D eigenvalue weighted by molar-refractivity contribution is 4.82. The van der Waals surface area contributed by atoms with E-state index in [2.05, 4.69) is 6.92 Å². The van der Waals surface area contributed by atoms with Crippen molar-refractivity contribution in [3.05, 3.63) is 12.0 Å². The fourth-order valence-electron chi connectivity index (χ4n) is 2.39. The van der Waals surface area contributed by atoms with Crippen molar-refractivity contribution >= 4 is 0 Å². The van der Waals surface area contributed by atoms with E-state index >= 15 is 0 Å². The quantitative estimate of drug-likeness (QED) is 0.282. The average molecular weight is 270 g/mol. The molecule has 2 nitrogen and oxygen atoms in total. The summed E-state index contributed by atoms with van der Waals surface area (Å²) < 4.78 is 0. The topological polar surface area (TPSA) is 40.5 Å². The summed E-state index contributed by atoms with van der Waals surface area (Å²) in [5.41, 5.74) is 0. The summed E-state index contributed by atoms with van der Waals surface area (Å²) in [4.78, 5) is 0. The SMILES string of the molecule is CCCCCCCCCCCCCCC/C(O)=C/O. The Bertz CT molecular complexity index is 199. The summed E-state index contributed by atoms with van der Waals surface area (Å²) in [5.74, 6) is 0.114. The molecule has 0 aromatic heterocycles. The number of rotatable bonds is 14. The molecule has 0 aliphatic carbocycles. The molecule has 0 heterocycles. The van der Waals surface area contributed by atoms with Gasteiger partial charge in [0, 0.05) is 6.42 Å². The first-order valence-electron chi connectivity index (χ1n) is 8.33. The van der Waals surface area contributed by atoms with Gasteiger partial charge in [0.1, 0.15) is 12.0 Å². The molecule has 0 aromatic carbocycles. The van der Waals surface area contributed by atoms with Gasteiger partial charge in [-0.15, -0.1) is 0 Å². The number of allylic oxidation sites excluding steroid dienone is 1. The molecule has 0 aliphatic heterocycles. The number of hydrogen-bond acceptors (Lipinski definition) is 2. The molecule has 0 saturated heterocycles. The van der Waals surface area contributed by atoms with Crippen LogP contribution in [-0.4, -0.2) is 10.2 Å². The van der Waals surface area contributed by atoms with Crippen LogP contribution in [0.5, 0.6) is 0 Å². The summed E-state index contributed by atoms with van der Waals surface area (Å²) in [6.45, 7) is 2.27. The van der Waals surface area contributed by atoms with E-state index in [0.717, 1.165) is 19.1 Å². The van der Waals surface area contributed by atoms with Crippen molar-refractivity contribution in [2.24, 2.45) is 0 Å². The normalized spacial score (nSPS) is 11.9. The van der Waals surface area contributed by atoms with E-state index in [9.17, 15) is 0 Å². The van der Waals surface area contributed by atoms with E-state index in [0.29, 0.717) is 6.42 Å². The zero-order valence-electron chi connectivity index (χ0n) is 12.9. The second-order valence-corrected chi connectivity index (χ2v) is 5.61. The van der Waals surface area contributed by atoms with Crippen molar-refractivity contribution in [3.63, 3.8) is 0 Å². The van der Waals surface area contributed by atoms with Crippen LogP contribution in [0.4, 0.5) is 0 Å². The smallest absolute Gasteiger partial charge is 0.126 e. The Hall–Kier alpha value is -0.660. The molecule has 0 aliphatic rings. The molecule has 19 heavy (non-hydrogen) atoms. The Morgan fingerprint density at radius 3 is 1.42 bits per heavy atom. The van der Waals surface area contributed by atoms with Crippen LogP contribution in [0, 0.1) is 0 Å². The minimum Gasteiger partial charge on any atom is -0.512 e. The van der Waals surface area contributed by atoms with Gasteiger partial charge >= 0.3 is 0 Å². The predicted molar refractivity (Wildman–Crippen MR) is 83.7 cm³/mol. The first-order valence-corrected chi connectivity index (χ1v) is 8.33. The van der Waals surface area contributed by atoms with E-state index in [-0.39, 0.29) is 5.76 Å². The first-order chi connectivity index (χ1) is 9.31. The number of hydrogen-bond donors (Lipinski definition) is 2. The number of aliphatic hydroxyl groups is 2. The molecule has 0 saturated carbocycles. The zero-order chi connectivity index (χ0) is 14.2. The largest absolute Gasteiger partial charge is 0.512 e. The van der Waals surface area contributed by atoms with Crippen molar-refractivity contribution in [2.75, 3.05) is 0 Å². The van der Waals surface area contributed by atoms with Gasteiger partial charge in [0.15, 0.2) is 0 Å². The molecule has 0 atom stereocenters. The van der Waals surface area contributed by atoms with Crippen LogP contribution in [0.1, 0.15) is 96.8 Å². The van der Waals surface area contributed by atoms with Gasteiger partial charge in [-0.3, -0.25) is 0 Å². The standard InChI is InChI=1S/C17H34O2/c1-2-3-4-5-6-7-8-9-10-11-12-13-14-15-17(19)16-18/h16,18-19H,2-15H2,1H3/b17-16-. The highest BCUT2D eigenvalue weighted by Crippen LogP contribution is 2.13. The Balaban J connectivity index is 2.99. The first kappa shape index (κ1) is 18.3. The molecule has 0 unspecified atom stereocenters. The molecule has 0 rings (SSSR count). The maximum atomic E-state index is 9.05. The van der Waals surface area contributed by atoms with Crippen LogP contribution < -0.4 is 0 Å². The van der Waals surface area contributed by atoms with Crippen LogP contribution in [0.15, 0.2) is 12.0 Å². The molecule has 0 fully saturated rings. The number of unbranched alkanes of at least 4 members (excludes halogenated alkanes) is 12. The lowest BCUT2D eigenvalue weighted by Gasteiger charge is -2.03. The molecule has 114 valence electrons. The maximum Gasteiger partial charge on any atom is 0.126 e. The number of aliphatic hydroxyl groups excluding tert-OH is 2. The third kappa shape index (κ3) is 15.3. The molecule has 0 bridgehead atoms. The van der Waals surface area contributed by atoms with Gasteiger partial charge in [0.05, 0.1) is 0 Å². The lowest BCUT2D eigenvalue weighted by atomic mass is 10.0. The highest BCUT2D eigenvalue weighted by atomic mass is 16.3. The van der Waals surface area contributed by atoms with Gasteiger partial charge < -0.3 is 10.2 Å². The fraction of sp³-hybridized carbons (Fsp3) is 0.882. The summed E-state index contributed by atoms with van der Waals surface area (Å²) in [5, 5.41) is 17.6. The van der Waals surface area contributed by atoms with Gasteiger partial charge in [0.2, 0.25) is 0 Å². The van der Waals surface area contributed by atoms with Crippen molar-refractivity contribution in [2.45, 2.75) is 96.8 Å². The third-order valence-electron chi connectivity index (χ3n) is 3.69. The van der Waals surface area contributed by atoms with E-state index in [1.54, 1.807) is 0 Å². The van der Waals surface area contributed by atoms with Gasteiger partial charge in [-0.25, -0.2) is 0 Å². The van der Waals surface area contributed by atoms with Crippen LogP contribution in [0.3, 0.4) is 0 Å². The zero-order valence-corrected chi connectivity index (χ0v) is 12.9. The maximum absolute atomic E-state index is 9.05. The summed E-state index contributed by atoms with van der Waals surface area (Å²) in [6.07, 6.45) is 18.7. The second kappa shape index (κ2) is 15.4. The molecule has 0 amide bonds. The van der Waals surface area contributed by atoms with Crippen molar-refractivity contribution in [3.8, 4) is 0 Å². The van der Waals surface area contributed by atoms with Crippen LogP contribution in [-0.2, 0) is 0 Å². The van der Waals surface area contributed by atoms with Gasteiger partial charge in [-0.2, -0.15) is 0 Å². The highest BCUT2D eigenvalue weighted by Gasteiger charge is 1.95. The van der Waals surface area contributed by atoms with E-state index in [4.69, 9.17) is 10.2 Å². The molecule has 0 spiro atoms. The average Bonchev–Trinajstić information content (AvgIpc) is 2.43. The van der Waals surface area contributed by atoms with E-state index < -0.39 is 0 Å². The summed E-state index contributed by atoms with van der Waals surface area (Å²) >= 11 is 0. The summed E-state index contributed by atoms with van der Waals surface area (Å²) in [7, 11) is 0. The lowest BCUT2D eigenvalue weighted by molar-refractivity contribution is 0.338. The Labute approximate surface area is 119 Å². The third-order valence-corrected chi connectivity index (χ3v) is 3.69. The van der Waals surface area contributed by atoms with Crippen LogP contribution in [0.25, 0.3) is 0 Å². The monoisotopic (exact) mass is 270 g/mol. The second-order valence-electron chi connectivity index (χ2n) is 5.61. The molecular formula is C17H34O2. The van der Waals surface area contributed by atoms with Crippen molar-refractivity contribution < 1.29 is 10.2 Å². The molecule has 0 aromatic rings. The minimum absolute atomic E-state index is 0.114. The van der Waals surface area contributed by atoms with E-state index in [1.165, 1.54) is 70.6 Å². The predicted octanol–water partition coefficient (Wildman–Crippen LogP) is 6.43. The van der Waals surface area contributed by atoms with Crippen LogP contribution in [0.2, 0.25) is 0 Å². The Morgan fingerprint density at radius 1 is 0.684 bits per heavy atom. The Morgan fingerprint density at radius 2 is 1.05 bits per heavy atom. The molecule has 2 heteroatoms. The lowest BCUT2D eigenvalue weighted by Crippen LogP contribution is -1.85. The van der Waals surface area contributed by atoms with Crippen molar-refractivity contribution in [1.29, 1.82) is 0 Å². The fourth-order valence-corrected chi connectivity index (χ4v) is 2.39.